The summed E-state index contributed by atoms with van der Waals surface area (Å²) in [6.45, 7) is 4.89. The standard InChI is InChI=1S/C61H58N2/c1-60(2)54-29-31-57-59(53-35-46(44-14-8-4-9-15-44)20-30-56(53)63(57)48-16-10-5-11-17-48)58(54)52-28-27-51(36-55(52)60)62(49-23-18-45(19-24-49)43-12-6-3-7-13-43)50-25-21-47(22-26-50)61-37-40-32-41(38-61)34-42(33-40)39-61/h4-5,8-11,14-31,35-36,40-43H,3,6-7,12-13,32-34,37-39H2,1-2H3. The molecule has 0 saturated heterocycles. The second kappa shape index (κ2) is 14.3. The molecule has 14 rings (SSSR count). The maximum absolute atomic E-state index is 2.55. The fourth-order valence-corrected chi connectivity index (χ4v) is 14.3. The van der Waals surface area contributed by atoms with Gasteiger partial charge in [0, 0.05) is 38.9 Å². The normalized spacial score (nSPS) is 23.3. The van der Waals surface area contributed by atoms with E-state index >= 15 is 0 Å². The predicted octanol–water partition coefficient (Wildman–Crippen LogP) is 16.7. The molecule has 0 unspecified atom stereocenters. The average Bonchev–Trinajstić information content (AvgIpc) is 3.77. The van der Waals surface area contributed by atoms with Gasteiger partial charge in [-0.25, -0.2) is 0 Å². The molecule has 5 saturated carbocycles. The van der Waals surface area contributed by atoms with Gasteiger partial charge in [-0.2, -0.15) is 0 Å². The van der Waals surface area contributed by atoms with Crippen molar-refractivity contribution in [1.82, 2.24) is 4.57 Å². The summed E-state index contributed by atoms with van der Waals surface area (Å²) in [7, 11) is 0. The Morgan fingerprint density at radius 1 is 0.524 bits per heavy atom. The minimum atomic E-state index is -0.189. The highest BCUT2D eigenvalue weighted by molar-refractivity contribution is 6.18. The van der Waals surface area contributed by atoms with Crippen LogP contribution in [0.2, 0.25) is 0 Å². The first-order valence-electron chi connectivity index (χ1n) is 24.3. The molecule has 0 atom stereocenters. The molecule has 312 valence electrons. The van der Waals surface area contributed by atoms with Crippen molar-refractivity contribution in [3.8, 4) is 27.9 Å². The SMILES string of the molecule is CC1(C)c2cc(N(c3ccc(C4CCCCC4)cc3)c3ccc(C45CC6CC(CC(C6)C4)C5)cc3)ccc2-c2c1ccc1c2c2cc(-c3ccccc3)ccc2n1-c1ccccc1. The van der Waals surface area contributed by atoms with Gasteiger partial charge < -0.3 is 9.47 Å². The number of hydrogen-bond acceptors (Lipinski definition) is 1. The van der Waals surface area contributed by atoms with E-state index in [1.807, 2.05) is 0 Å². The van der Waals surface area contributed by atoms with Gasteiger partial charge in [-0.1, -0.05) is 124 Å². The molecule has 2 heteroatoms. The van der Waals surface area contributed by atoms with Crippen LogP contribution in [0, 0.1) is 17.8 Å². The van der Waals surface area contributed by atoms with Gasteiger partial charge in [0.05, 0.1) is 11.0 Å². The molecule has 1 heterocycles. The van der Waals surface area contributed by atoms with Crippen LogP contribution in [-0.2, 0) is 10.8 Å². The van der Waals surface area contributed by atoms with Gasteiger partial charge in [0.15, 0.2) is 0 Å². The second-order valence-electron chi connectivity index (χ2n) is 21.0. The van der Waals surface area contributed by atoms with Crippen molar-refractivity contribution < 1.29 is 0 Å². The summed E-state index contributed by atoms with van der Waals surface area (Å²) >= 11 is 0. The highest BCUT2D eigenvalue weighted by Gasteiger charge is 2.51. The number of rotatable bonds is 7. The molecule has 6 aliphatic rings. The number of anilines is 3. The van der Waals surface area contributed by atoms with E-state index in [0.717, 1.165) is 17.8 Å². The Kier molecular flexibility index (Phi) is 8.57. The van der Waals surface area contributed by atoms with E-state index in [1.54, 1.807) is 5.56 Å². The number of fused-ring (bicyclic) bond motifs is 7. The lowest BCUT2D eigenvalue weighted by Gasteiger charge is -2.57. The highest BCUT2D eigenvalue weighted by Crippen LogP contribution is 2.61. The zero-order chi connectivity index (χ0) is 41.9. The molecule has 6 aliphatic carbocycles. The Bertz CT molecular complexity index is 2980. The van der Waals surface area contributed by atoms with E-state index in [1.165, 1.54) is 154 Å². The third-order valence-electron chi connectivity index (χ3n) is 16.9. The van der Waals surface area contributed by atoms with E-state index < -0.39 is 0 Å². The Balaban J connectivity index is 0.962. The van der Waals surface area contributed by atoms with E-state index in [-0.39, 0.29) is 5.41 Å². The molecular weight excluding hydrogens is 761 g/mol. The Morgan fingerprint density at radius 2 is 1.14 bits per heavy atom. The molecule has 0 radical (unpaired) electrons. The van der Waals surface area contributed by atoms with Crippen LogP contribution in [0.5, 0.6) is 0 Å². The maximum atomic E-state index is 2.55. The van der Waals surface area contributed by atoms with Gasteiger partial charge in [0.1, 0.15) is 0 Å². The zero-order valence-corrected chi connectivity index (χ0v) is 37.0. The number of hydrogen-bond donors (Lipinski definition) is 0. The minimum Gasteiger partial charge on any atom is -0.310 e. The van der Waals surface area contributed by atoms with Crippen molar-refractivity contribution in [3.05, 3.63) is 180 Å². The Hall–Kier alpha value is -5.86. The van der Waals surface area contributed by atoms with Crippen LogP contribution < -0.4 is 4.90 Å². The highest BCUT2D eigenvalue weighted by atomic mass is 15.1. The van der Waals surface area contributed by atoms with Crippen molar-refractivity contribution in [1.29, 1.82) is 0 Å². The van der Waals surface area contributed by atoms with E-state index in [4.69, 9.17) is 0 Å². The summed E-state index contributed by atoms with van der Waals surface area (Å²) < 4.78 is 2.48. The quantitative estimate of drug-likeness (QED) is 0.156. The summed E-state index contributed by atoms with van der Waals surface area (Å²) in [4.78, 5) is 2.55. The predicted molar refractivity (Wildman–Crippen MR) is 264 cm³/mol. The lowest BCUT2D eigenvalue weighted by atomic mass is 9.48. The third-order valence-corrected chi connectivity index (χ3v) is 16.9. The number of benzene rings is 7. The maximum Gasteiger partial charge on any atom is 0.0547 e. The minimum absolute atomic E-state index is 0.189. The molecule has 0 amide bonds. The number of nitrogens with zero attached hydrogens (tertiary/aromatic N) is 2. The first-order chi connectivity index (χ1) is 30.9. The van der Waals surface area contributed by atoms with Gasteiger partial charge >= 0.3 is 0 Å². The zero-order valence-electron chi connectivity index (χ0n) is 37.0. The van der Waals surface area contributed by atoms with Crippen LogP contribution in [-0.4, -0.2) is 4.57 Å². The largest absolute Gasteiger partial charge is 0.310 e. The lowest BCUT2D eigenvalue weighted by molar-refractivity contribution is -0.00518. The van der Waals surface area contributed by atoms with Crippen LogP contribution in [0.3, 0.4) is 0 Å². The van der Waals surface area contributed by atoms with E-state index in [2.05, 4.69) is 181 Å². The molecule has 0 aliphatic heterocycles. The topological polar surface area (TPSA) is 8.17 Å². The van der Waals surface area contributed by atoms with Crippen molar-refractivity contribution >= 4 is 38.9 Å². The molecule has 0 N–H and O–H groups in total. The fraction of sp³-hybridized carbons (Fsp3) is 0.311. The summed E-state index contributed by atoms with van der Waals surface area (Å²) in [5, 5.41) is 2.65. The molecule has 1 aromatic heterocycles. The van der Waals surface area contributed by atoms with Crippen LogP contribution in [0.4, 0.5) is 17.1 Å². The summed E-state index contributed by atoms with van der Waals surface area (Å²) in [5.74, 6) is 3.51. The van der Waals surface area contributed by atoms with Crippen LogP contribution in [0.1, 0.15) is 113 Å². The van der Waals surface area contributed by atoms with Gasteiger partial charge in [0.2, 0.25) is 0 Å². The summed E-state index contributed by atoms with van der Waals surface area (Å²) in [6.07, 6.45) is 15.4. The molecule has 8 aromatic rings. The van der Waals surface area contributed by atoms with Crippen molar-refractivity contribution in [3.63, 3.8) is 0 Å². The van der Waals surface area contributed by atoms with E-state index in [0.29, 0.717) is 11.3 Å². The Labute approximate surface area is 373 Å². The number of aromatic nitrogens is 1. The first-order valence-corrected chi connectivity index (χ1v) is 24.3. The van der Waals surface area contributed by atoms with E-state index in [9.17, 15) is 0 Å². The second-order valence-corrected chi connectivity index (χ2v) is 21.0. The van der Waals surface area contributed by atoms with Crippen molar-refractivity contribution in [2.24, 2.45) is 17.8 Å². The molecular formula is C61H58N2. The Morgan fingerprint density at radius 3 is 1.83 bits per heavy atom. The van der Waals surface area contributed by atoms with Gasteiger partial charge in [-0.15, -0.1) is 0 Å². The molecule has 7 aromatic carbocycles. The summed E-state index contributed by atoms with van der Waals surface area (Å²) in [5.41, 5.74) is 18.8. The molecule has 2 nitrogen and oxygen atoms in total. The smallest absolute Gasteiger partial charge is 0.0547 e. The van der Waals surface area contributed by atoms with Gasteiger partial charge in [0.25, 0.3) is 0 Å². The molecule has 4 bridgehead atoms. The molecule has 0 spiro atoms. The summed E-state index contributed by atoms with van der Waals surface area (Å²) in [6, 6.07) is 60.8. The fourth-order valence-electron chi connectivity index (χ4n) is 14.3. The van der Waals surface area contributed by atoms with Gasteiger partial charge in [-0.3, -0.25) is 0 Å². The number of para-hydroxylation sites is 1. The third kappa shape index (κ3) is 5.96. The van der Waals surface area contributed by atoms with Gasteiger partial charge in [-0.05, 0) is 192 Å². The lowest BCUT2D eigenvalue weighted by Crippen LogP contribution is -2.48. The average molecular weight is 819 g/mol. The van der Waals surface area contributed by atoms with Crippen LogP contribution in [0.15, 0.2) is 158 Å². The molecule has 63 heavy (non-hydrogen) atoms. The molecule has 5 fully saturated rings. The monoisotopic (exact) mass is 818 g/mol. The van der Waals surface area contributed by atoms with Crippen molar-refractivity contribution in [2.75, 3.05) is 4.90 Å². The van der Waals surface area contributed by atoms with Crippen LogP contribution in [0.25, 0.3) is 49.7 Å². The van der Waals surface area contributed by atoms with Crippen molar-refractivity contribution in [2.45, 2.75) is 101 Å². The first kappa shape index (κ1) is 37.7. The van der Waals surface area contributed by atoms with Crippen LogP contribution >= 0.6 is 0 Å².